The summed E-state index contributed by atoms with van der Waals surface area (Å²) in [6.07, 6.45) is -0.0642. The highest BCUT2D eigenvalue weighted by molar-refractivity contribution is 5.58. The average Bonchev–Trinajstić information content (AvgIpc) is 2.20. The Morgan fingerprint density at radius 3 is 2.60 bits per heavy atom. The molecule has 0 heterocycles. The summed E-state index contributed by atoms with van der Waals surface area (Å²) in [5, 5.41) is 28.1. The first-order chi connectivity index (χ1) is 7.11. The van der Waals surface area contributed by atoms with Crippen molar-refractivity contribution in [1.82, 2.24) is 0 Å². The van der Waals surface area contributed by atoms with Crippen LogP contribution in [0.25, 0.3) is 0 Å². The molecular weight excluding hydrogens is 194 g/mol. The molecule has 0 atom stereocenters. The number of nitrogens with zero attached hydrogens (tertiary/aromatic N) is 3. The van der Waals surface area contributed by atoms with E-state index in [0.29, 0.717) is 5.56 Å². The van der Waals surface area contributed by atoms with Gasteiger partial charge in [0.05, 0.1) is 17.4 Å². The lowest BCUT2D eigenvalue weighted by Crippen LogP contribution is -2.00. The van der Waals surface area contributed by atoms with Gasteiger partial charge in [-0.1, -0.05) is 12.1 Å². The third-order valence-corrected chi connectivity index (χ3v) is 2.03. The quantitative estimate of drug-likeness (QED) is 0.539. The Bertz CT molecular complexity index is 495. The van der Waals surface area contributed by atoms with Crippen LogP contribution in [0.1, 0.15) is 16.7 Å². The normalized spacial score (nSPS) is 9.00. The fourth-order valence-electron chi connectivity index (χ4n) is 1.31. The number of benzene rings is 1. The van der Waals surface area contributed by atoms with Gasteiger partial charge in [0.15, 0.2) is 0 Å². The minimum atomic E-state index is -0.613. The van der Waals surface area contributed by atoms with Crippen molar-refractivity contribution in [2.75, 3.05) is 0 Å². The molecule has 1 aromatic carbocycles. The van der Waals surface area contributed by atoms with E-state index in [0.717, 1.165) is 0 Å². The Morgan fingerprint density at radius 2 is 2.13 bits per heavy atom. The first-order valence-electron chi connectivity index (χ1n) is 4.15. The summed E-state index contributed by atoms with van der Waals surface area (Å²) < 4.78 is 0. The molecule has 0 saturated carbocycles. The van der Waals surface area contributed by atoms with Crippen LogP contribution in [0.3, 0.4) is 0 Å². The molecule has 0 radical (unpaired) electrons. The van der Waals surface area contributed by atoms with Gasteiger partial charge in [-0.05, 0) is 12.5 Å². The van der Waals surface area contributed by atoms with E-state index < -0.39 is 4.92 Å². The Hall–Kier alpha value is -2.40. The van der Waals surface area contributed by atoms with Gasteiger partial charge in [0.2, 0.25) is 0 Å². The molecule has 0 N–H and O–H groups in total. The van der Waals surface area contributed by atoms with Crippen LogP contribution in [0.4, 0.5) is 5.69 Å². The highest BCUT2D eigenvalue weighted by Crippen LogP contribution is 2.26. The summed E-state index contributed by atoms with van der Waals surface area (Å²) in [5.74, 6) is 0. The first kappa shape index (κ1) is 10.7. The number of hydrogen-bond donors (Lipinski definition) is 0. The summed E-state index contributed by atoms with van der Waals surface area (Å²) in [6.45, 7) is 1.63. The molecule has 0 saturated heterocycles. The van der Waals surface area contributed by atoms with Crippen LogP contribution in [0.5, 0.6) is 0 Å². The van der Waals surface area contributed by atoms with Crippen molar-refractivity contribution in [2.45, 2.75) is 13.3 Å². The van der Waals surface area contributed by atoms with Gasteiger partial charge in [-0.15, -0.1) is 0 Å². The maximum Gasteiger partial charge on any atom is 0.291 e. The van der Waals surface area contributed by atoms with Gasteiger partial charge >= 0.3 is 0 Å². The monoisotopic (exact) mass is 201 g/mol. The number of aryl methyl sites for hydroxylation is 1. The molecule has 0 unspecified atom stereocenters. The highest BCUT2D eigenvalue weighted by Gasteiger charge is 2.21. The van der Waals surface area contributed by atoms with Crippen molar-refractivity contribution in [1.29, 1.82) is 10.5 Å². The number of hydrogen-bond acceptors (Lipinski definition) is 4. The maximum absolute atomic E-state index is 10.8. The minimum absolute atomic E-state index is 0.0350. The van der Waals surface area contributed by atoms with Crippen LogP contribution in [0, 0.1) is 39.7 Å². The Morgan fingerprint density at radius 1 is 1.47 bits per heavy atom. The van der Waals surface area contributed by atoms with Gasteiger partial charge in [-0.3, -0.25) is 10.1 Å². The first-order valence-corrected chi connectivity index (χ1v) is 4.15. The Labute approximate surface area is 86.3 Å². The molecule has 1 aromatic rings. The lowest BCUT2D eigenvalue weighted by molar-refractivity contribution is -0.385. The number of rotatable bonds is 2. The predicted octanol–water partition coefficient (Wildman–Crippen LogP) is 1.84. The Kier molecular flexibility index (Phi) is 3.00. The summed E-state index contributed by atoms with van der Waals surface area (Å²) in [4.78, 5) is 10.2. The smallest absolute Gasteiger partial charge is 0.258 e. The second-order valence-corrected chi connectivity index (χ2v) is 2.97. The zero-order valence-corrected chi connectivity index (χ0v) is 8.02. The molecule has 0 spiro atoms. The van der Waals surface area contributed by atoms with E-state index in [9.17, 15) is 10.1 Å². The molecule has 15 heavy (non-hydrogen) atoms. The van der Waals surface area contributed by atoms with Crippen molar-refractivity contribution >= 4 is 5.69 Å². The second-order valence-electron chi connectivity index (χ2n) is 2.97. The Balaban J connectivity index is 3.52. The summed E-state index contributed by atoms with van der Waals surface area (Å²) in [5.41, 5.74) is 0.613. The van der Waals surface area contributed by atoms with Crippen molar-refractivity contribution in [3.8, 4) is 12.1 Å². The average molecular weight is 201 g/mol. The van der Waals surface area contributed by atoms with E-state index >= 15 is 0 Å². The summed E-state index contributed by atoms with van der Waals surface area (Å²) >= 11 is 0. The van der Waals surface area contributed by atoms with Crippen LogP contribution in [-0.4, -0.2) is 4.92 Å². The van der Waals surface area contributed by atoms with Crippen molar-refractivity contribution in [2.24, 2.45) is 0 Å². The molecule has 0 aromatic heterocycles. The van der Waals surface area contributed by atoms with Gasteiger partial charge in [0, 0.05) is 5.56 Å². The van der Waals surface area contributed by atoms with E-state index in [2.05, 4.69) is 0 Å². The largest absolute Gasteiger partial charge is 0.291 e. The standard InChI is InChI=1S/C10H7N3O2/c1-7-2-3-8(4-5-11)10(13(14)15)9(7)6-12/h2-3H,4H2,1H3. The van der Waals surface area contributed by atoms with Crippen LogP contribution in [0.15, 0.2) is 12.1 Å². The zero-order chi connectivity index (χ0) is 11.4. The van der Waals surface area contributed by atoms with E-state index in [-0.39, 0.29) is 23.2 Å². The molecular formula is C10H7N3O2. The molecule has 74 valence electrons. The minimum Gasteiger partial charge on any atom is -0.258 e. The molecule has 0 fully saturated rings. The van der Waals surface area contributed by atoms with Gasteiger partial charge < -0.3 is 0 Å². The molecule has 0 aliphatic carbocycles. The molecule has 0 bridgehead atoms. The van der Waals surface area contributed by atoms with Crippen LogP contribution >= 0.6 is 0 Å². The fraction of sp³-hybridized carbons (Fsp3) is 0.200. The number of nitro groups is 1. The molecule has 0 amide bonds. The van der Waals surface area contributed by atoms with Crippen LogP contribution in [-0.2, 0) is 6.42 Å². The second kappa shape index (κ2) is 4.21. The lowest BCUT2D eigenvalue weighted by Gasteiger charge is -2.02. The van der Waals surface area contributed by atoms with Crippen molar-refractivity contribution < 1.29 is 4.92 Å². The van der Waals surface area contributed by atoms with Crippen LogP contribution < -0.4 is 0 Å². The fourth-order valence-corrected chi connectivity index (χ4v) is 1.31. The van der Waals surface area contributed by atoms with Gasteiger partial charge in [0.1, 0.15) is 11.6 Å². The SMILES string of the molecule is Cc1ccc(CC#N)c([N+](=O)[O-])c1C#N. The van der Waals surface area contributed by atoms with E-state index in [1.165, 1.54) is 6.07 Å². The topological polar surface area (TPSA) is 90.7 Å². The third kappa shape index (κ3) is 1.92. The van der Waals surface area contributed by atoms with Crippen molar-refractivity contribution in [3.63, 3.8) is 0 Å². The highest BCUT2D eigenvalue weighted by atomic mass is 16.6. The van der Waals surface area contributed by atoms with E-state index in [1.54, 1.807) is 19.1 Å². The summed E-state index contributed by atoms with van der Waals surface area (Å²) in [6, 6.07) is 6.75. The van der Waals surface area contributed by atoms with Crippen LogP contribution in [0.2, 0.25) is 0 Å². The number of nitriles is 2. The maximum atomic E-state index is 10.8. The molecule has 5 heteroatoms. The lowest BCUT2D eigenvalue weighted by atomic mass is 10.0. The predicted molar refractivity (Wildman–Crippen MR) is 51.9 cm³/mol. The molecule has 1 rings (SSSR count). The van der Waals surface area contributed by atoms with Gasteiger partial charge in [0.25, 0.3) is 5.69 Å². The third-order valence-electron chi connectivity index (χ3n) is 2.03. The zero-order valence-electron chi connectivity index (χ0n) is 8.02. The number of nitro benzene ring substituents is 1. The van der Waals surface area contributed by atoms with E-state index in [1.807, 2.05) is 6.07 Å². The van der Waals surface area contributed by atoms with Gasteiger partial charge in [-0.2, -0.15) is 10.5 Å². The molecule has 5 nitrogen and oxygen atoms in total. The van der Waals surface area contributed by atoms with Crippen molar-refractivity contribution in [3.05, 3.63) is 38.9 Å². The molecule has 0 aliphatic heterocycles. The van der Waals surface area contributed by atoms with Gasteiger partial charge in [-0.25, -0.2) is 0 Å². The molecule has 0 aliphatic rings. The summed E-state index contributed by atoms with van der Waals surface area (Å²) in [7, 11) is 0. The van der Waals surface area contributed by atoms with E-state index in [4.69, 9.17) is 10.5 Å².